The lowest BCUT2D eigenvalue weighted by Gasteiger charge is -2.32. The van der Waals surface area contributed by atoms with Crippen LogP contribution in [0.4, 0.5) is 4.79 Å². The average Bonchev–Trinajstić information content (AvgIpc) is 3.02. The first-order chi connectivity index (χ1) is 11.7. The van der Waals surface area contributed by atoms with Crippen molar-refractivity contribution in [2.45, 2.75) is 37.8 Å². The molecule has 6 nitrogen and oxygen atoms in total. The van der Waals surface area contributed by atoms with Gasteiger partial charge in [-0.1, -0.05) is 43.2 Å². The molecule has 6 heteroatoms. The number of urea groups is 1. The van der Waals surface area contributed by atoms with Gasteiger partial charge in [0.2, 0.25) is 5.91 Å². The van der Waals surface area contributed by atoms with Crippen LogP contribution in [0.3, 0.4) is 0 Å². The second-order valence-electron chi connectivity index (χ2n) is 6.82. The average molecular weight is 330 g/mol. The topological polar surface area (TPSA) is 82.3 Å². The highest BCUT2D eigenvalue weighted by Crippen LogP contribution is 2.30. The van der Waals surface area contributed by atoms with Crippen molar-refractivity contribution in [1.29, 1.82) is 0 Å². The third kappa shape index (κ3) is 4.06. The third-order valence-corrected chi connectivity index (χ3v) is 4.96. The third-order valence-electron chi connectivity index (χ3n) is 4.96. The maximum atomic E-state index is 12.6. The molecule has 1 saturated carbocycles. The summed E-state index contributed by atoms with van der Waals surface area (Å²) in [7, 11) is 0. The lowest BCUT2D eigenvalue weighted by Crippen LogP contribution is -2.60. The lowest BCUT2D eigenvalue weighted by molar-refractivity contribution is -0.127. The predicted molar refractivity (Wildman–Crippen MR) is 92.4 cm³/mol. The van der Waals surface area contributed by atoms with Gasteiger partial charge in [-0.3, -0.25) is 4.79 Å². The summed E-state index contributed by atoms with van der Waals surface area (Å²) in [4.78, 5) is 24.9. The molecule has 1 aliphatic heterocycles. The molecule has 1 saturated heterocycles. The summed E-state index contributed by atoms with van der Waals surface area (Å²) in [5, 5.41) is 12.0. The van der Waals surface area contributed by atoms with E-state index in [0.717, 1.165) is 31.5 Å². The predicted octanol–water partition coefficient (Wildman–Crippen LogP) is 1.13. The van der Waals surface area contributed by atoms with Gasteiger partial charge < -0.3 is 21.3 Å². The summed E-state index contributed by atoms with van der Waals surface area (Å²) >= 11 is 0. The number of hydrogen-bond donors (Lipinski definition) is 4. The number of carbonyl (C=O) groups excluding carboxylic acids is 2. The smallest absolute Gasteiger partial charge is 0.315 e. The fourth-order valence-electron chi connectivity index (χ4n) is 3.33. The molecule has 2 aliphatic rings. The van der Waals surface area contributed by atoms with Crippen LogP contribution in [-0.4, -0.2) is 37.1 Å². The minimum Gasteiger partial charge on any atom is -0.354 e. The molecule has 0 radical (unpaired) electrons. The van der Waals surface area contributed by atoms with E-state index < -0.39 is 5.54 Å². The minimum atomic E-state index is -0.752. The Kier molecular flexibility index (Phi) is 5.35. The highest BCUT2D eigenvalue weighted by Gasteiger charge is 2.42. The van der Waals surface area contributed by atoms with Gasteiger partial charge in [0.25, 0.3) is 0 Å². The van der Waals surface area contributed by atoms with Gasteiger partial charge in [-0.15, -0.1) is 0 Å². The molecule has 2 fully saturated rings. The fourth-order valence-corrected chi connectivity index (χ4v) is 3.33. The summed E-state index contributed by atoms with van der Waals surface area (Å²) in [6.45, 7) is 3.05. The van der Waals surface area contributed by atoms with Crippen LogP contribution in [0, 0.1) is 5.92 Å². The molecule has 1 aromatic carbocycles. The maximum absolute atomic E-state index is 12.6. The van der Waals surface area contributed by atoms with Gasteiger partial charge in [0.05, 0.1) is 0 Å². The van der Waals surface area contributed by atoms with Gasteiger partial charge in [-0.25, -0.2) is 4.79 Å². The van der Waals surface area contributed by atoms with E-state index in [4.69, 9.17) is 0 Å². The van der Waals surface area contributed by atoms with Crippen LogP contribution in [0.2, 0.25) is 0 Å². The molecule has 3 amide bonds. The van der Waals surface area contributed by atoms with E-state index >= 15 is 0 Å². The second-order valence-corrected chi connectivity index (χ2v) is 6.82. The Morgan fingerprint density at radius 1 is 1.08 bits per heavy atom. The zero-order valence-electron chi connectivity index (χ0n) is 13.9. The number of amides is 3. The van der Waals surface area contributed by atoms with E-state index in [1.165, 1.54) is 0 Å². The van der Waals surface area contributed by atoms with Crippen LogP contribution in [0.1, 0.15) is 31.2 Å². The van der Waals surface area contributed by atoms with Gasteiger partial charge >= 0.3 is 6.03 Å². The van der Waals surface area contributed by atoms with Crippen molar-refractivity contribution < 1.29 is 9.59 Å². The lowest BCUT2D eigenvalue weighted by atomic mass is 9.95. The largest absolute Gasteiger partial charge is 0.354 e. The number of carbonyl (C=O) groups is 2. The normalized spacial score (nSPS) is 19.3. The van der Waals surface area contributed by atoms with Crippen LogP contribution < -0.4 is 21.3 Å². The zero-order valence-corrected chi connectivity index (χ0v) is 13.9. The Hall–Kier alpha value is -2.08. The molecule has 0 aromatic heterocycles. The van der Waals surface area contributed by atoms with Gasteiger partial charge in [-0.05, 0) is 18.4 Å². The highest BCUT2D eigenvalue weighted by molar-refractivity contribution is 5.91. The molecule has 0 spiro atoms. The second kappa shape index (κ2) is 7.66. The molecule has 1 aliphatic carbocycles. The molecule has 24 heavy (non-hydrogen) atoms. The van der Waals surface area contributed by atoms with Crippen molar-refractivity contribution in [3.63, 3.8) is 0 Å². The van der Waals surface area contributed by atoms with Crippen LogP contribution in [0.25, 0.3) is 0 Å². The van der Waals surface area contributed by atoms with Crippen LogP contribution in [0.5, 0.6) is 0 Å². The van der Waals surface area contributed by atoms with Gasteiger partial charge in [0.1, 0.15) is 5.54 Å². The first kappa shape index (κ1) is 16.8. The fraction of sp³-hybridized carbons (Fsp3) is 0.556. The maximum Gasteiger partial charge on any atom is 0.315 e. The summed E-state index contributed by atoms with van der Waals surface area (Å²) in [6, 6.07) is 9.47. The van der Waals surface area contributed by atoms with E-state index in [2.05, 4.69) is 21.3 Å². The van der Waals surface area contributed by atoms with Crippen molar-refractivity contribution in [2.75, 3.05) is 19.6 Å². The molecular weight excluding hydrogens is 304 g/mol. The summed E-state index contributed by atoms with van der Waals surface area (Å²) < 4.78 is 0. The van der Waals surface area contributed by atoms with E-state index in [-0.39, 0.29) is 11.9 Å². The molecule has 4 N–H and O–H groups in total. The SMILES string of the molecule is O=C(NCc1ccccc1)NC1(C(=O)NCC2CNC2)CCCC1. The molecule has 1 heterocycles. The first-order valence-electron chi connectivity index (χ1n) is 8.77. The van der Waals surface area contributed by atoms with Crippen molar-refractivity contribution in [3.05, 3.63) is 35.9 Å². The quantitative estimate of drug-likeness (QED) is 0.631. The van der Waals surface area contributed by atoms with Gasteiger partial charge in [0, 0.05) is 32.1 Å². The van der Waals surface area contributed by atoms with Crippen LogP contribution in [0.15, 0.2) is 30.3 Å². The monoisotopic (exact) mass is 330 g/mol. The summed E-state index contributed by atoms with van der Waals surface area (Å²) in [6.07, 6.45) is 3.36. The molecule has 130 valence electrons. The minimum absolute atomic E-state index is 0.0400. The van der Waals surface area contributed by atoms with Gasteiger partial charge in [0.15, 0.2) is 0 Å². The summed E-state index contributed by atoms with van der Waals surface area (Å²) in [5.74, 6) is 0.473. The standard InChI is InChI=1S/C18H26N4O2/c23-16(20-13-15-10-19-11-15)18(8-4-5-9-18)22-17(24)21-12-14-6-2-1-3-7-14/h1-3,6-7,15,19H,4-5,8-13H2,(H,20,23)(H2,21,22,24). The van der Waals surface area contributed by atoms with E-state index in [1.807, 2.05) is 30.3 Å². The molecule has 0 unspecified atom stereocenters. The van der Waals surface area contributed by atoms with Crippen molar-refractivity contribution in [2.24, 2.45) is 5.92 Å². The Morgan fingerprint density at radius 2 is 1.79 bits per heavy atom. The van der Waals surface area contributed by atoms with Crippen molar-refractivity contribution >= 4 is 11.9 Å². The Morgan fingerprint density at radius 3 is 2.42 bits per heavy atom. The Labute approximate surface area is 142 Å². The van der Waals surface area contributed by atoms with E-state index in [9.17, 15) is 9.59 Å². The van der Waals surface area contributed by atoms with Crippen molar-refractivity contribution in [3.8, 4) is 0 Å². The highest BCUT2D eigenvalue weighted by atomic mass is 16.2. The first-order valence-corrected chi connectivity index (χ1v) is 8.77. The summed E-state index contributed by atoms with van der Waals surface area (Å²) in [5.41, 5.74) is 0.285. The molecule has 0 atom stereocenters. The van der Waals surface area contributed by atoms with E-state index in [1.54, 1.807) is 0 Å². The molecular formula is C18H26N4O2. The zero-order chi connectivity index (χ0) is 16.8. The van der Waals surface area contributed by atoms with E-state index in [0.29, 0.717) is 31.8 Å². The van der Waals surface area contributed by atoms with Crippen molar-refractivity contribution in [1.82, 2.24) is 21.3 Å². The Bertz CT molecular complexity index is 566. The molecule has 1 aromatic rings. The number of nitrogens with one attached hydrogen (secondary N) is 4. The van der Waals surface area contributed by atoms with Gasteiger partial charge in [-0.2, -0.15) is 0 Å². The Balaban J connectivity index is 1.52. The number of hydrogen-bond acceptors (Lipinski definition) is 3. The molecule has 3 rings (SSSR count). The number of rotatable bonds is 6. The number of benzene rings is 1. The molecule has 0 bridgehead atoms. The van der Waals surface area contributed by atoms with Crippen LogP contribution in [-0.2, 0) is 11.3 Å². The van der Waals surface area contributed by atoms with Crippen LogP contribution >= 0.6 is 0 Å².